The molecule has 3 amide bonds. The molecular weight excluding hydrogens is 473 g/mol. The number of nitrogens with one attached hydrogen (secondary N) is 3. The second-order valence-electron chi connectivity index (χ2n) is 7.04. The normalized spacial score (nSPS) is 11.8. The molecule has 0 aliphatic heterocycles. The summed E-state index contributed by atoms with van der Waals surface area (Å²) in [5.74, 6) is 0.0867. The largest absolute Gasteiger partial charge is 0.465 e. The molecule has 3 aromatic rings. The first-order chi connectivity index (χ1) is 15.7. The van der Waals surface area contributed by atoms with Gasteiger partial charge in [-0.15, -0.1) is 0 Å². The molecule has 1 aromatic heterocycles. The minimum atomic E-state index is -1.30. The molecule has 0 aliphatic carbocycles. The first-order valence-corrected chi connectivity index (χ1v) is 10.6. The van der Waals surface area contributed by atoms with Crippen molar-refractivity contribution in [2.24, 2.45) is 0 Å². The van der Waals surface area contributed by atoms with Crippen molar-refractivity contribution in [3.8, 4) is 5.69 Å². The summed E-state index contributed by atoms with van der Waals surface area (Å²) in [5.41, 5.74) is 0.304. The van der Waals surface area contributed by atoms with Gasteiger partial charge in [-0.3, -0.25) is 9.36 Å². The van der Waals surface area contributed by atoms with Gasteiger partial charge in [-0.25, -0.2) is 14.6 Å². The number of urea groups is 1. The van der Waals surface area contributed by atoms with Crippen LogP contribution in [0.3, 0.4) is 0 Å². The minimum absolute atomic E-state index is 0.0500. The molecule has 0 bridgehead atoms. The van der Waals surface area contributed by atoms with Gasteiger partial charge in [0, 0.05) is 18.8 Å². The Balaban J connectivity index is 2.14. The minimum Gasteiger partial charge on any atom is -0.465 e. The first-order valence-electron chi connectivity index (χ1n) is 9.89. The highest BCUT2D eigenvalue weighted by Crippen LogP contribution is 2.28. The third kappa shape index (κ3) is 5.54. The van der Waals surface area contributed by atoms with E-state index in [0.717, 1.165) is 0 Å². The number of carbonyl (C=O) groups is 2. The zero-order valence-corrected chi connectivity index (χ0v) is 18.9. The highest BCUT2D eigenvalue weighted by atomic mass is 35.5. The van der Waals surface area contributed by atoms with Crippen LogP contribution in [0.1, 0.15) is 25.2 Å². The quantitative estimate of drug-likeness (QED) is 0.318. The van der Waals surface area contributed by atoms with E-state index >= 15 is 0 Å². The van der Waals surface area contributed by atoms with Gasteiger partial charge in [0.1, 0.15) is 5.82 Å². The molecule has 1 unspecified atom stereocenters. The van der Waals surface area contributed by atoms with E-state index in [1.54, 1.807) is 18.2 Å². The van der Waals surface area contributed by atoms with Crippen LogP contribution in [0.2, 0.25) is 10.0 Å². The van der Waals surface area contributed by atoms with Crippen LogP contribution in [0.5, 0.6) is 0 Å². The number of hydrogen-bond donors (Lipinski definition) is 5. The Hall–Kier alpha value is -3.34. The molecule has 3 rings (SSSR count). The fourth-order valence-electron chi connectivity index (χ4n) is 3.20. The van der Waals surface area contributed by atoms with Crippen LogP contribution in [0, 0.1) is 0 Å². The van der Waals surface area contributed by atoms with Crippen LogP contribution >= 0.6 is 23.2 Å². The predicted octanol–water partition coefficient (Wildman–Crippen LogP) is 3.53. The van der Waals surface area contributed by atoms with E-state index in [0.29, 0.717) is 17.8 Å². The molecule has 5 N–H and O–H groups in total. The zero-order chi connectivity index (χ0) is 24.1. The molecule has 1 atom stereocenters. The molecule has 12 heteroatoms. The predicted molar refractivity (Wildman–Crippen MR) is 126 cm³/mol. The monoisotopic (exact) mass is 493 g/mol. The van der Waals surface area contributed by atoms with Crippen molar-refractivity contribution in [1.82, 2.24) is 20.2 Å². The number of carbonyl (C=O) groups excluding carboxylic acids is 1. The number of anilines is 1. The number of carboxylic acid groups (broad SMARTS) is 1. The van der Waals surface area contributed by atoms with Gasteiger partial charge in [0.25, 0.3) is 5.56 Å². The van der Waals surface area contributed by atoms with Crippen LogP contribution in [0.25, 0.3) is 16.6 Å². The Kier molecular flexibility index (Phi) is 7.75. The number of nitrogens with zero attached hydrogens (tertiary/aromatic N) is 2. The Bertz CT molecular complexity index is 1260. The van der Waals surface area contributed by atoms with Gasteiger partial charge < -0.3 is 26.2 Å². The fraction of sp³-hybridized carbons (Fsp3) is 0.238. The third-order valence-electron chi connectivity index (χ3n) is 4.66. The van der Waals surface area contributed by atoms with Gasteiger partial charge >= 0.3 is 12.1 Å². The van der Waals surface area contributed by atoms with Crippen molar-refractivity contribution >= 4 is 51.9 Å². The number of hydrogen-bond acceptors (Lipinski definition) is 5. The number of benzene rings is 2. The summed E-state index contributed by atoms with van der Waals surface area (Å²) in [6.07, 6.45) is -0.886. The Morgan fingerprint density at radius 1 is 1.18 bits per heavy atom. The summed E-state index contributed by atoms with van der Waals surface area (Å²) in [4.78, 5) is 41.3. The van der Waals surface area contributed by atoms with E-state index in [4.69, 9.17) is 28.3 Å². The van der Waals surface area contributed by atoms with Crippen LogP contribution in [-0.4, -0.2) is 45.0 Å². The second-order valence-corrected chi connectivity index (χ2v) is 7.86. The summed E-state index contributed by atoms with van der Waals surface area (Å²) in [6.45, 7) is 1.77. The topological polar surface area (TPSA) is 146 Å². The van der Waals surface area contributed by atoms with E-state index in [2.05, 4.69) is 20.9 Å². The summed E-state index contributed by atoms with van der Waals surface area (Å²) >= 11 is 12.5. The van der Waals surface area contributed by atoms with Crippen molar-refractivity contribution in [2.75, 3.05) is 18.5 Å². The molecule has 33 heavy (non-hydrogen) atoms. The molecule has 0 fully saturated rings. The Morgan fingerprint density at radius 2 is 1.91 bits per heavy atom. The lowest BCUT2D eigenvalue weighted by Gasteiger charge is -2.19. The summed E-state index contributed by atoms with van der Waals surface area (Å²) < 4.78 is 1.22. The van der Waals surface area contributed by atoms with Crippen molar-refractivity contribution in [3.05, 3.63) is 62.6 Å². The van der Waals surface area contributed by atoms with Gasteiger partial charge in [-0.1, -0.05) is 29.3 Å². The van der Waals surface area contributed by atoms with Crippen molar-refractivity contribution in [1.29, 1.82) is 0 Å². The number of halogens is 2. The molecule has 1 heterocycles. The summed E-state index contributed by atoms with van der Waals surface area (Å²) in [6, 6.07) is 8.00. The number of aromatic nitrogens is 2. The average Bonchev–Trinajstić information content (AvgIpc) is 2.75. The Morgan fingerprint density at radius 3 is 2.61 bits per heavy atom. The standard InChI is InChI=1S/C21H21Cl2N5O5/c1-11(25-21(32)33)18-27-17-15(23)7-6-14(22)16(17)19(30)28(18)13-5-2-4-12(10-13)26-20(31)24-8-3-9-29/h2,4-7,10-11,25,29H,3,8-9H2,1H3,(H,32,33)(H2,24,26,31). The fourth-order valence-corrected chi connectivity index (χ4v) is 3.64. The van der Waals surface area contributed by atoms with Gasteiger partial charge in [0.2, 0.25) is 0 Å². The van der Waals surface area contributed by atoms with E-state index in [9.17, 15) is 19.5 Å². The van der Waals surface area contributed by atoms with Crippen LogP contribution in [0.15, 0.2) is 41.2 Å². The number of rotatable bonds is 7. The molecule has 0 spiro atoms. The third-order valence-corrected chi connectivity index (χ3v) is 5.28. The number of aliphatic hydroxyl groups is 1. The highest BCUT2D eigenvalue weighted by Gasteiger charge is 2.22. The van der Waals surface area contributed by atoms with Gasteiger partial charge in [-0.05, 0) is 43.7 Å². The lowest BCUT2D eigenvalue weighted by Crippen LogP contribution is -2.33. The van der Waals surface area contributed by atoms with Crippen LogP contribution in [-0.2, 0) is 0 Å². The summed E-state index contributed by atoms with van der Waals surface area (Å²) in [5, 5.41) is 25.9. The van der Waals surface area contributed by atoms with Crippen LogP contribution < -0.4 is 21.5 Å². The van der Waals surface area contributed by atoms with Crippen LogP contribution in [0.4, 0.5) is 15.3 Å². The molecule has 0 radical (unpaired) electrons. The van der Waals surface area contributed by atoms with E-state index in [-0.39, 0.29) is 39.9 Å². The molecule has 2 aromatic carbocycles. The molecule has 0 saturated heterocycles. The molecule has 0 saturated carbocycles. The Labute approximate surface area is 198 Å². The highest BCUT2D eigenvalue weighted by molar-refractivity contribution is 6.39. The first kappa shape index (κ1) is 24.3. The molecule has 10 nitrogen and oxygen atoms in total. The maximum Gasteiger partial charge on any atom is 0.405 e. The second kappa shape index (κ2) is 10.5. The summed E-state index contributed by atoms with van der Waals surface area (Å²) in [7, 11) is 0. The molecule has 0 aliphatic rings. The maximum absolute atomic E-state index is 13.5. The van der Waals surface area contributed by atoms with Crippen molar-refractivity contribution in [2.45, 2.75) is 19.4 Å². The van der Waals surface area contributed by atoms with Gasteiger partial charge in [0.05, 0.1) is 32.7 Å². The van der Waals surface area contributed by atoms with Gasteiger partial charge in [0.15, 0.2) is 0 Å². The van der Waals surface area contributed by atoms with E-state index in [1.165, 1.54) is 29.7 Å². The smallest absolute Gasteiger partial charge is 0.405 e. The SMILES string of the molecule is CC(NC(=O)O)c1nc2c(Cl)ccc(Cl)c2c(=O)n1-c1cccc(NC(=O)NCCCO)c1. The molecule has 174 valence electrons. The van der Waals surface area contributed by atoms with Gasteiger partial charge in [-0.2, -0.15) is 0 Å². The van der Waals surface area contributed by atoms with E-state index < -0.39 is 23.7 Å². The average molecular weight is 494 g/mol. The zero-order valence-electron chi connectivity index (χ0n) is 17.4. The van der Waals surface area contributed by atoms with E-state index in [1.807, 2.05) is 0 Å². The molecular formula is C21H21Cl2N5O5. The van der Waals surface area contributed by atoms with Crippen molar-refractivity contribution in [3.63, 3.8) is 0 Å². The number of aliphatic hydroxyl groups excluding tert-OH is 1. The lowest BCUT2D eigenvalue weighted by molar-refractivity contribution is 0.190. The maximum atomic E-state index is 13.5. The number of amides is 3. The number of fused-ring (bicyclic) bond motifs is 1. The lowest BCUT2D eigenvalue weighted by atomic mass is 10.2. The van der Waals surface area contributed by atoms with Crippen molar-refractivity contribution < 1.29 is 19.8 Å².